The lowest BCUT2D eigenvalue weighted by Gasteiger charge is -2.20. The summed E-state index contributed by atoms with van der Waals surface area (Å²) < 4.78 is 5.26. The number of carbonyl (C=O) groups excluding carboxylic acids is 1. The Morgan fingerprint density at radius 3 is 2.52 bits per heavy atom. The number of nitrogens with zero attached hydrogens (tertiary/aromatic N) is 1. The minimum absolute atomic E-state index is 0.457. The highest BCUT2D eigenvalue weighted by molar-refractivity contribution is 5.85. The quantitative estimate of drug-likeness (QED) is 0.881. The molecule has 2 aromatic rings. The van der Waals surface area contributed by atoms with Gasteiger partial charge in [-0.05, 0) is 63.1 Å². The van der Waals surface area contributed by atoms with Crippen LogP contribution in [0.5, 0.6) is 0 Å². The predicted molar refractivity (Wildman–Crippen MR) is 92.6 cm³/mol. The van der Waals surface area contributed by atoms with Crippen molar-refractivity contribution in [1.82, 2.24) is 4.98 Å². The smallest absolute Gasteiger partial charge is 0.412 e. The first kappa shape index (κ1) is 16.8. The molecule has 0 fully saturated rings. The molecule has 23 heavy (non-hydrogen) atoms. The first-order chi connectivity index (χ1) is 10.8. The molecule has 0 unspecified atom stereocenters. The minimum atomic E-state index is -0.517. The zero-order valence-corrected chi connectivity index (χ0v) is 14.0. The molecule has 0 saturated carbocycles. The van der Waals surface area contributed by atoms with E-state index in [9.17, 15) is 4.79 Å². The topological polar surface area (TPSA) is 63.2 Å². The Kier molecular flexibility index (Phi) is 5.21. The molecule has 1 heterocycles. The van der Waals surface area contributed by atoms with Crippen molar-refractivity contribution in [1.29, 1.82) is 0 Å². The standard InChI is InChI=1S/C18H23N3O2/c1-13-5-6-15(21-17(22)23-18(2,3)4)11-16(13)20-12-14-7-9-19-10-8-14/h5-11,20H,12H2,1-4H3,(H,21,22). The molecule has 1 aromatic carbocycles. The Morgan fingerprint density at radius 1 is 1.17 bits per heavy atom. The predicted octanol–water partition coefficient (Wildman–Crippen LogP) is 4.35. The molecule has 0 bridgehead atoms. The molecule has 122 valence electrons. The first-order valence-electron chi connectivity index (χ1n) is 7.57. The lowest BCUT2D eigenvalue weighted by Crippen LogP contribution is -2.27. The van der Waals surface area contributed by atoms with E-state index in [-0.39, 0.29) is 0 Å². The van der Waals surface area contributed by atoms with E-state index >= 15 is 0 Å². The molecule has 0 spiro atoms. The van der Waals surface area contributed by atoms with Crippen LogP contribution in [0.4, 0.5) is 16.2 Å². The van der Waals surface area contributed by atoms with E-state index in [2.05, 4.69) is 15.6 Å². The Hall–Kier alpha value is -2.56. The normalized spacial score (nSPS) is 11.0. The zero-order chi connectivity index (χ0) is 16.9. The molecule has 2 N–H and O–H groups in total. The van der Waals surface area contributed by atoms with Crippen molar-refractivity contribution in [2.24, 2.45) is 0 Å². The molecule has 0 aliphatic carbocycles. The second kappa shape index (κ2) is 7.13. The van der Waals surface area contributed by atoms with E-state index in [1.807, 2.05) is 58.0 Å². The fourth-order valence-corrected chi connectivity index (χ4v) is 2.01. The van der Waals surface area contributed by atoms with Gasteiger partial charge < -0.3 is 10.1 Å². The summed E-state index contributed by atoms with van der Waals surface area (Å²) in [4.78, 5) is 15.8. The number of amides is 1. The van der Waals surface area contributed by atoms with Crippen molar-refractivity contribution in [3.05, 3.63) is 53.9 Å². The van der Waals surface area contributed by atoms with Crippen LogP contribution >= 0.6 is 0 Å². The molecule has 0 aliphatic heterocycles. The van der Waals surface area contributed by atoms with Gasteiger partial charge in [0.25, 0.3) is 0 Å². The largest absolute Gasteiger partial charge is 0.444 e. The fourth-order valence-electron chi connectivity index (χ4n) is 2.01. The van der Waals surface area contributed by atoms with E-state index in [1.54, 1.807) is 12.4 Å². The Morgan fingerprint density at radius 2 is 1.87 bits per heavy atom. The lowest BCUT2D eigenvalue weighted by atomic mass is 10.1. The fraction of sp³-hybridized carbons (Fsp3) is 0.333. The number of rotatable bonds is 4. The molecule has 0 saturated heterocycles. The van der Waals surface area contributed by atoms with Gasteiger partial charge in [-0.25, -0.2) is 4.79 Å². The van der Waals surface area contributed by atoms with E-state index in [0.29, 0.717) is 12.2 Å². The van der Waals surface area contributed by atoms with E-state index in [1.165, 1.54) is 0 Å². The van der Waals surface area contributed by atoms with Crippen LogP contribution in [0.2, 0.25) is 0 Å². The van der Waals surface area contributed by atoms with Gasteiger partial charge in [0.1, 0.15) is 5.60 Å². The Bertz CT molecular complexity index is 664. The van der Waals surface area contributed by atoms with Gasteiger partial charge in [0.15, 0.2) is 0 Å². The van der Waals surface area contributed by atoms with E-state index < -0.39 is 11.7 Å². The van der Waals surface area contributed by atoms with Gasteiger partial charge in [-0.1, -0.05) is 6.07 Å². The van der Waals surface area contributed by atoms with Crippen molar-refractivity contribution in [2.45, 2.75) is 39.8 Å². The summed E-state index contributed by atoms with van der Waals surface area (Å²) in [6, 6.07) is 9.65. The zero-order valence-electron chi connectivity index (χ0n) is 14.0. The number of aromatic nitrogens is 1. The molecule has 0 radical (unpaired) electrons. The number of carbonyl (C=O) groups is 1. The Labute approximate surface area is 137 Å². The van der Waals surface area contributed by atoms with Crippen molar-refractivity contribution < 1.29 is 9.53 Å². The second-order valence-electron chi connectivity index (χ2n) is 6.37. The van der Waals surface area contributed by atoms with Gasteiger partial charge in [0, 0.05) is 30.3 Å². The third-order valence-corrected chi connectivity index (χ3v) is 3.12. The second-order valence-corrected chi connectivity index (χ2v) is 6.37. The lowest BCUT2D eigenvalue weighted by molar-refractivity contribution is 0.0636. The summed E-state index contributed by atoms with van der Waals surface area (Å²) in [6.07, 6.45) is 3.08. The van der Waals surface area contributed by atoms with Crippen LogP contribution < -0.4 is 10.6 Å². The summed E-state index contributed by atoms with van der Waals surface area (Å²) in [5.41, 5.74) is 3.40. The number of anilines is 2. The Balaban J connectivity index is 2.02. The van der Waals surface area contributed by atoms with E-state index in [0.717, 1.165) is 16.8 Å². The summed E-state index contributed by atoms with van der Waals surface area (Å²) >= 11 is 0. The van der Waals surface area contributed by atoms with Crippen LogP contribution in [-0.2, 0) is 11.3 Å². The first-order valence-corrected chi connectivity index (χ1v) is 7.57. The molecule has 1 amide bonds. The van der Waals surface area contributed by atoms with Crippen LogP contribution in [0.25, 0.3) is 0 Å². The van der Waals surface area contributed by atoms with Gasteiger partial charge in [0.05, 0.1) is 0 Å². The maximum atomic E-state index is 11.8. The molecule has 5 nitrogen and oxygen atoms in total. The molecular weight excluding hydrogens is 290 g/mol. The van der Waals surface area contributed by atoms with Gasteiger partial charge in [-0.15, -0.1) is 0 Å². The highest BCUT2D eigenvalue weighted by Gasteiger charge is 2.16. The summed E-state index contributed by atoms with van der Waals surface area (Å²) in [5.74, 6) is 0. The number of nitrogens with one attached hydrogen (secondary N) is 2. The maximum absolute atomic E-state index is 11.8. The van der Waals surface area contributed by atoms with Crippen LogP contribution in [0.15, 0.2) is 42.7 Å². The minimum Gasteiger partial charge on any atom is -0.444 e. The highest BCUT2D eigenvalue weighted by Crippen LogP contribution is 2.21. The molecule has 0 atom stereocenters. The van der Waals surface area contributed by atoms with Crippen LogP contribution in [-0.4, -0.2) is 16.7 Å². The SMILES string of the molecule is Cc1ccc(NC(=O)OC(C)(C)C)cc1NCc1ccncc1. The van der Waals surface area contributed by atoms with Crippen LogP contribution in [0.1, 0.15) is 31.9 Å². The molecule has 1 aromatic heterocycles. The van der Waals surface area contributed by atoms with Crippen molar-refractivity contribution in [3.63, 3.8) is 0 Å². The molecule has 5 heteroatoms. The van der Waals surface area contributed by atoms with Crippen molar-refractivity contribution >= 4 is 17.5 Å². The summed E-state index contributed by atoms with van der Waals surface area (Å²) in [7, 11) is 0. The van der Waals surface area contributed by atoms with Gasteiger partial charge in [-0.3, -0.25) is 10.3 Å². The molecule has 0 aliphatic rings. The number of benzene rings is 1. The number of hydrogen-bond acceptors (Lipinski definition) is 4. The molecule has 2 rings (SSSR count). The van der Waals surface area contributed by atoms with Gasteiger partial charge in [-0.2, -0.15) is 0 Å². The van der Waals surface area contributed by atoms with Crippen molar-refractivity contribution in [3.8, 4) is 0 Å². The number of ether oxygens (including phenoxy) is 1. The third kappa shape index (κ3) is 5.62. The average molecular weight is 313 g/mol. The monoisotopic (exact) mass is 313 g/mol. The average Bonchev–Trinajstić information content (AvgIpc) is 2.47. The van der Waals surface area contributed by atoms with Gasteiger partial charge in [0.2, 0.25) is 0 Å². The van der Waals surface area contributed by atoms with Crippen LogP contribution in [0, 0.1) is 6.92 Å². The molecular formula is C18H23N3O2. The number of hydrogen-bond donors (Lipinski definition) is 2. The number of pyridine rings is 1. The highest BCUT2D eigenvalue weighted by atomic mass is 16.6. The third-order valence-electron chi connectivity index (χ3n) is 3.12. The van der Waals surface area contributed by atoms with Crippen LogP contribution in [0.3, 0.4) is 0 Å². The summed E-state index contributed by atoms with van der Waals surface area (Å²) in [6.45, 7) is 8.22. The van der Waals surface area contributed by atoms with Gasteiger partial charge >= 0.3 is 6.09 Å². The maximum Gasteiger partial charge on any atom is 0.412 e. The number of aryl methyl sites for hydroxylation is 1. The van der Waals surface area contributed by atoms with E-state index in [4.69, 9.17) is 4.74 Å². The summed E-state index contributed by atoms with van der Waals surface area (Å²) in [5, 5.41) is 6.12. The van der Waals surface area contributed by atoms with Crippen molar-refractivity contribution in [2.75, 3.05) is 10.6 Å².